The van der Waals surface area contributed by atoms with Crippen LogP contribution in [-0.2, 0) is 9.47 Å². The monoisotopic (exact) mass is 516 g/mol. The van der Waals surface area contributed by atoms with Crippen molar-refractivity contribution in [2.45, 2.75) is 30.9 Å². The molecule has 0 radical (unpaired) electrons. The first-order valence-corrected chi connectivity index (χ1v) is 12.5. The Labute approximate surface area is 218 Å². The van der Waals surface area contributed by atoms with E-state index < -0.39 is 0 Å². The number of methoxy groups -OCH3 is 1. The lowest BCUT2D eigenvalue weighted by Crippen LogP contribution is -2.51. The summed E-state index contributed by atoms with van der Waals surface area (Å²) in [4.78, 5) is 35.5. The highest BCUT2D eigenvalue weighted by Crippen LogP contribution is 2.26. The SMILES string of the molecule is CNc1cc(Nc2cccn(-c3cc(C4COC4)ccn3)c2=O)nc2c(C(=O)N[C@@H]3CC[C@H]3OC)cnn12. The van der Waals surface area contributed by atoms with Gasteiger partial charge in [-0.1, -0.05) is 0 Å². The summed E-state index contributed by atoms with van der Waals surface area (Å²) in [5, 5.41) is 13.5. The van der Waals surface area contributed by atoms with Crippen LogP contribution in [0.5, 0.6) is 0 Å². The standard InChI is InChI=1S/C26H28N8O4/c1-27-22-11-21(32-24-17(12-29-34(22)24)25(35)31-18-5-6-20(18)37-2)30-19-4-3-9-33(26(19)36)23-10-15(7-8-28-23)16-13-38-14-16/h3-4,7-12,16,18,20,27H,5-6,13-14H2,1-2H3,(H,30,32)(H,31,35)/t18-,20-/m1/s1. The van der Waals surface area contributed by atoms with E-state index in [4.69, 9.17) is 9.47 Å². The zero-order valence-corrected chi connectivity index (χ0v) is 21.0. The molecule has 1 saturated carbocycles. The van der Waals surface area contributed by atoms with Crippen molar-refractivity contribution in [1.82, 2.24) is 29.5 Å². The number of fused-ring (bicyclic) bond motifs is 1. The Morgan fingerprint density at radius 1 is 1.21 bits per heavy atom. The summed E-state index contributed by atoms with van der Waals surface area (Å²) in [7, 11) is 3.39. The van der Waals surface area contributed by atoms with Gasteiger partial charge in [0.25, 0.3) is 11.5 Å². The summed E-state index contributed by atoms with van der Waals surface area (Å²) in [6.07, 6.45) is 6.66. The summed E-state index contributed by atoms with van der Waals surface area (Å²) in [6.45, 7) is 1.34. The van der Waals surface area contributed by atoms with Crippen molar-refractivity contribution in [2.75, 3.05) is 38.0 Å². The molecular formula is C26H28N8O4. The first-order chi connectivity index (χ1) is 18.6. The van der Waals surface area contributed by atoms with Crippen LogP contribution in [0.4, 0.5) is 17.3 Å². The largest absolute Gasteiger partial charge is 0.380 e. The topological polar surface area (TPSA) is 137 Å². The van der Waals surface area contributed by atoms with E-state index in [9.17, 15) is 9.59 Å². The number of nitrogens with one attached hydrogen (secondary N) is 3. The van der Waals surface area contributed by atoms with E-state index in [1.807, 2.05) is 12.1 Å². The van der Waals surface area contributed by atoms with E-state index in [1.54, 1.807) is 49.3 Å². The van der Waals surface area contributed by atoms with Gasteiger partial charge in [-0.2, -0.15) is 9.61 Å². The van der Waals surface area contributed by atoms with Crippen LogP contribution < -0.4 is 21.5 Å². The highest BCUT2D eigenvalue weighted by atomic mass is 16.5. The predicted octanol–water partition coefficient (Wildman–Crippen LogP) is 2.08. The molecule has 0 spiro atoms. The van der Waals surface area contributed by atoms with Gasteiger partial charge in [-0.05, 0) is 42.7 Å². The number of ether oxygens (including phenoxy) is 2. The molecule has 0 unspecified atom stereocenters. The molecule has 1 saturated heterocycles. The molecule has 1 aliphatic carbocycles. The molecule has 4 aromatic heterocycles. The predicted molar refractivity (Wildman–Crippen MR) is 140 cm³/mol. The highest BCUT2D eigenvalue weighted by Gasteiger charge is 2.33. The lowest BCUT2D eigenvalue weighted by molar-refractivity contribution is 0.00732. The zero-order chi connectivity index (χ0) is 26.2. The number of carbonyl (C=O) groups is 1. The zero-order valence-electron chi connectivity index (χ0n) is 21.0. The van der Waals surface area contributed by atoms with Gasteiger partial charge >= 0.3 is 0 Å². The highest BCUT2D eigenvalue weighted by molar-refractivity contribution is 6.00. The van der Waals surface area contributed by atoms with Crippen LogP contribution in [0.25, 0.3) is 11.5 Å². The molecule has 1 aliphatic heterocycles. The van der Waals surface area contributed by atoms with E-state index in [-0.39, 0.29) is 23.6 Å². The second-order valence-electron chi connectivity index (χ2n) is 9.41. The molecule has 12 nitrogen and oxygen atoms in total. The minimum absolute atomic E-state index is 0.0105. The van der Waals surface area contributed by atoms with Crippen molar-refractivity contribution in [2.24, 2.45) is 0 Å². The average Bonchev–Trinajstić information content (AvgIpc) is 3.31. The Balaban J connectivity index is 1.31. The number of aromatic nitrogens is 5. The van der Waals surface area contributed by atoms with Gasteiger partial charge in [0, 0.05) is 38.5 Å². The number of hydrogen-bond donors (Lipinski definition) is 3. The molecule has 196 valence electrons. The van der Waals surface area contributed by atoms with Crippen LogP contribution in [0.1, 0.15) is 34.7 Å². The molecule has 0 aromatic carbocycles. The molecular weight excluding hydrogens is 488 g/mol. The van der Waals surface area contributed by atoms with Gasteiger partial charge < -0.3 is 25.4 Å². The van der Waals surface area contributed by atoms with Crippen LogP contribution in [0.3, 0.4) is 0 Å². The summed E-state index contributed by atoms with van der Waals surface area (Å²) >= 11 is 0. The van der Waals surface area contributed by atoms with Gasteiger partial charge in [0.1, 0.15) is 28.7 Å². The molecule has 6 rings (SSSR count). The summed E-state index contributed by atoms with van der Waals surface area (Å²) in [5.74, 6) is 1.56. The van der Waals surface area contributed by atoms with Gasteiger partial charge in [-0.3, -0.25) is 14.2 Å². The third-order valence-electron chi connectivity index (χ3n) is 7.14. The third kappa shape index (κ3) is 4.27. The second-order valence-corrected chi connectivity index (χ2v) is 9.41. The maximum absolute atomic E-state index is 13.4. The van der Waals surface area contributed by atoms with Gasteiger partial charge in [0.2, 0.25) is 0 Å². The Bertz CT molecular complexity index is 1560. The Hall–Kier alpha value is -4.29. The van der Waals surface area contributed by atoms with Crippen LogP contribution in [-0.4, -0.2) is 69.6 Å². The lowest BCUT2D eigenvalue weighted by atomic mass is 9.89. The number of amides is 1. The van der Waals surface area contributed by atoms with Crippen LogP contribution >= 0.6 is 0 Å². The molecule has 4 aromatic rings. The maximum atomic E-state index is 13.4. The molecule has 12 heteroatoms. The quantitative estimate of drug-likeness (QED) is 0.321. The van der Waals surface area contributed by atoms with Gasteiger partial charge in [-0.25, -0.2) is 9.97 Å². The molecule has 0 bridgehead atoms. The number of nitrogens with zero attached hydrogens (tertiary/aromatic N) is 5. The van der Waals surface area contributed by atoms with Crippen molar-refractivity contribution < 1.29 is 14.3 Å². The number of hydrogen-bond acceptors (Lipinski definition) is 9. The van der Waals surface area contributed by atoms with Gasteiger partial charge in [-0.15, -0.1) is 0 Å². The van der Waals surface area contributed by atoms with Crippen molar-refractivity contribution in [3.05, 3.63) is 70.4 Å². The van der Waals surface area contributed by atoms with Crippen LogP contribution in [0.15, 0.2) is 53.7 Å². The van der Waals surface area contributed by atoms with Gasteiger partial charge in [0.05, 0.1) is 31.6 Å². The minimum atomic E-state index is -0.281. The summed E-state index contributed by atoms with van der Waals surface area (Å²) in [5.41, 5.74) is 1.81. The summed E-state index contributed by atoms with van der Waals surface area (Å²) in [6, 6.07) is 8.99. The summed E-state index contributed by atoms with van der Waals surface area (Å²) < 4.78 is 13.7. The van der Waals surface area contributed by atoms with E-state index in [2.05, 4.69) is 31.0 Å². The molecule has 5 heterocycles. The molecule has 38 heavy (non-hydrogen) atoms. The molecule has 1 amide bonds. The third-order valence-corrected chi connectivity index (χ3v) is 7.14. The Morgan fingerprint density at radius 3 is 2.79 bits per heavy atom. The van der Waals surface area contributed by atoms with E-state index >= 15 is 0 Å². The van der Waals surface area contributed by atoms with Crippen LogP contribution in [0.2, 0.25) is 0 Å². The first kappa shape index (κ1) is 24.1. The van der Waals surface area contributed by atoms with Crippen molar-refractivity contribution in [1.29, 1.82) is 0 Å². The van der Waals surface area contributed by atoms with E-state index in [1.165, 1.54) is 10.8 Å². The Morgan fingerprint density at radius 2 is 2.08 bits per heavy atom. The fourth-order valence-electron chi connectivity index (χ4n) is 4.68. The fraction of sp³-hybridized carbons (Fsp3) is 0.346. The number of anilines is 3. The van der Waals surface area contributed by atoms with Crippen molar-refractivity contribution in [3.8, 4) is 5.82 Å². The minimum Gasteiger partial charge on any atom is -0.380 e. The van der Waals surface area contributed by atoms with Crippen molar-refractivity contribution >= 4 is 28.9 Å². The number of carbonyl (C=O) groups excluding carboxylic acids is 1. The van der Waals surface area contributed by atoms with Crippen LogP contribution in [0, 0.1) is 0 Å². The normalized spacial score (nSPS) is 19.0. The molecule has 2 aliphatic rings. The Kier molecular flexibility index (Phi) is 6.26. The molecule has 2 atom stereocenters. The molecule has 3 N–H and O–H groups in total. The van der Waals surface area contributed by atoms with E-state index in [0.29, 0.717) is 53.5 Å². The van der Waals surface area contributed by atoms with E-state index in [0.717, 1.165) is 18.4 Å². The average molecular weight is 517 g/mol. The van der Waals surface area contributed by atoms with Crippen molar-refractivity contribution in [3.63, 3.8) is 0 Å². The second kappa shape index (κ2) is 9.88. The fourth-order valence-corrected chi connectivity index (χ4v) is 4.68. The first-order valence-electron chi connectivity index (χ1n) is 12.5. The number of pyridine rings is 2. The maximum Gasteiger partial charge on any atom is 0.279 e. The lowest BCUT2D eigenvalue weighted by Gasteiger charge is -2.35. The smallest absolute Gasteiger partial charge is 0.279 e. The number of rotatable bonds is 8. The van der Waals surface area contributed by atoms with Gasteiger partial charge in [0.15, 0.2) is 5.65 Å². The molecule has 2 fully saturated rings.